The van der Waals surface area contributed by atoms with Gasteiger partial charge in [0.25, 0.3) is 0 Å². The minimum atomic E-state index is -4.15. The second kappa shape index (κ2) is 5.36. The largest absolute Gasteiger partial charge is 0.406 e. The van der Waals surface area contributed by atoms with Crippen molar-refractivity contribution in [1.29, 1.82) is 0 Å². The zero-order chi connectivity index (χ0) is 12.2. The first kappa shape index (κ1) is 13.8. The van der Waals surface area contributed by atoms with E-state index in [-0.39, 0.29) is 12.8 Å². The van der Waals surface area contributed by atoms with Crippen molar-refractivity contribution < 1.29 is 13.2 Å². The molecule has 16 heavy (non-hydrogen) atoms. The maximum Gasteiger partial charge on any atom is 0.406 e. The third-order valence-electron chi connectivity index (χ3n) is 3.49. The molecular weight excluding hydrogens is 217 g/mol. The van der Waals surface area contributed by atoms with E-state index in [9.17, 15) is 13.2 Å². The van der Waals surface area contributed by atoms with Crippen LogP contribution in [0.25, 0.3) is 0 Å². The maximum absolute atomic E-state index is 13.0. The number of hydrogen-bond acceptors (Lipinski definition) is 2. The highest BCUT2D eigenvalue weighted by atomic mass is 19.4. The fraction of sp³-hybridized carbons (Fsp3) is 1.00. The molecule has 1 atom stereocenters. The summed E-state index contributed by atoms with van der Waals surface area (Å²) in [5, 5.41) is 2.51. The minimum absolute atomic E-state index is 0.160. The molecule has 0 spiro atoms. The van der Waals surface area contributed by atoms with E-state index in [4.69, 9.17) is 0 Å². The van der Waals surface area contributed by atoms with Gasteiger partial charge in [-0.25, -0.2) is 0 Å². The van der Waals surface area contributed by atoms with Gasteiger partial charge >= 0.3 is 6.18 Å². The molecule has 0 bridgehead atoms. The van der Waals surface area contributed by atoms with Gasteiger partial charge in [-0.15, -0.1) is 0 Å². The number of hydrogen-bond donors (Lipinski definition) is 1. The monoisotopic (exact) mass is 238 g/mol. The van der Waals surface area contributed by atoms with Gasteiger partial charge in [-0.2, -0.15) is 13.2 Å². The van der Waals surface area contributed by atoms with E-state index in [2.05, 4.69) is 17.1 Å². The maximum atomic E-state index is 13.0. The fourth-order valence-electron chi connectivity index (χ4n) is 2.41. The Morgan fingerprint density at radius 2 is 1.94 bits per heavy atom. The Bertz CT molecular complexity index is 218. The Hall–Kier alpha value is -0.290. The Morgan fingerprint density at radius 3 is 2.44 bits per heavy atom. The Labute approximate surface area is 95.2 Å². The topological polar surface area (TPSA) is 15.3 Å². The van der Waals surface area contributed by atoms with Crippen LogP contribution in [0.4, 0.5) is 13.2 Å². The molecule has 1 saturated heterocycles. The van der Waals surface area contributed by atoms with E-state index in [0.29, 0.717) is 13.0 Å². The first-order valence-electron chi connectivity index (χ1n) is 5.93. The first-order valence-corrected chi connectivity index (χ1v) is 5.93. The second-order valence-electron chi connectivity index (χ2n) is 4.53. The molecule has 0 amide bonds. The summed E-state index contributed by atoms with van der Waals surface area (Å²) in [5.41, 5.74) is -1.67. The summed E-state index contributed by atoms with van der Waals surface area (Å²) in [4.78, 5) is 2.13. The lowest BCUT2D eigenvalue weighted by atomic mass is 9.90. The van der Waals surface area contributed by atoms with E-state index >= 15 is 0 Å². The third kappa shape index (κ3) is 2.88. The van der Waals surface area contributed by atoms with Gasteiger partial charge in [0.2, 0.25) is 0 Å². The number of rotatable bonds is 3. The van der Waals surface area contributed by atoms with E-state index in [1.807, 2.05) is 0 Å². The number of likely N-dealkylation sites (tertiary alicyclic amines) is 1. The number of halogens is 3. The molecule has 0 radical (unpaired) electrons. The predicted octanol–water partition coefficient (Wildman–Crippen LogP) is 2.40. The molecule has 0 aromatic heterocycles. The zero-order valence-corrected chi connectivity index (χ0v) is 10.0. The van der Waals surface area contributed by atoms with E-state index in [1.165, 1.54) is 7.05 Å². The molecule has 5 heteroatoms. The average molecular weight is 238 g/mol. The predicted molar refractivity (Wildman–Crippen MR) is 58.4 cm³/mol. The van der Waals surface area contributed by atoms with Crippen LogP contribution >= 0.6 is 0 Å². The van der Waals surface area contributed by atoms with Crippen LogP contribution in [0.2, 0.25) is 0 Å². The number of nitrogens with zero attached hydrogens (tertiary/aromatic N) is 1. The smallest absolute Gasteiger partial charge is 0.307 e. The number of alkyl halides is 3. The SMILES string of the molecule is CCCN1CCCC(NC)(C(F)(F)F)CC1. The van der Waals surface area contributed by atoms with E-state index < -0.39 is 11.7 Å². The van der Waals surface area contributed by atoms with E-state index in [0.717, 1.165) is 19.5 Å². The van der Waals surface area contributed by atoms with Crippen LogP contribution in [-0.4, -0.2) is 43.3 Å². The average Bonchev–Trinajstić information content (AvgIpc) is 2.41. The summed E-state index contributed by atoms with van der Waals surface area (Å²) in [6.45, 7) is 4.28. The van der Waals surface area contributed by atoms with Crippen molar-refractivity contribution in [2.24, 2.45) is 0 Å². The van der Waals surface area contributed by atoms with Gasteiger partial charge in [-0.05, 0) is 45.8 Å². The van der Waals surface area contributed by atoms with Crippen molar-refractivity contribution in [1.82, 2.24) is 10.2 Å². The van der Waals surface area contributed by atoms with Crippen LogP contribution in [0.3, 0.4) is 0 Å². The first-order chi connectivity index (χ1) is 7.45. The fourth-order valence-corrected chi connectivity index (χ4v) is 2.41. The molecule has 1 unspecified atom stereocenters. The quantitative estimate of drug-likeness (QED) is 0.812. The van der Waals surface area contributed by atoms with Gasteiger partial charge < -0.3 is 10.2 Å². The molecule has 0 saturated carbocycles. The summed E-state index contributed by atoms with van der Waals surface area (Å²) < 4.78 is 39.0. The molecule has 96 valence electrons. The molecule has 0 aliphatic carbocycles. The Balaban J connectivity index is 2.69. The molecule has 1 rings (SSSR count). The van der Waals surface area contributed by atoms with Crippen LogP contribution in [-0.2, 0) is 0 Å². The minimum Gasteiger partial charge on any atom is -0.307 e. The number of nitrogens with one attached hydrogen (secondary N) is 1. The third-order valence-corrected chi connectivity index (χ3v) is 3.49. The molecule has 1 aliphatic rings. The van der Waals surface area contributed by atoms with Gasteiger partial charge in [-0.1, -0.05) is 6.92 Å². The van der Waals surface area contributed by atoms with Crippen LogP contribution in [0.15, 0.2) is 0 Å². The molecule has 2 nitrogen and oxygen atoms in total. The molecule has 1 heterocycles. The summed E-state index contributed by atoms with van der Waals surface area (Å²) in [5.74, 6) is 0. The summed E-state index contributed by atoms with van der Waals surface area (Å²) in [6.07, 6.45) is -2.19. The lowest BCUT2D eigenvalue weighted by Crippen LogP contribution is -2.55. The molecule has 1 fully saturated rings. The van der Waals surface area contributed by atoms with Crippen molar-refractivity contribution in [2.75, 3.05) is 26.7 Å². The van der Waals surface area contributed by atoms with Crippen LogP contribution in [0, 0.1) is 0 Å². The van der Waals surface area contributed by atoms with Crippen molar-refractivity contribution in [3.63, 3.8) is 0 Å². The van der Waals surface area contributed by atoms with Gasteiger partial charge in [0.15, 0.2) is 0 Å². The van der Waals surface area contributed by atoms with Crippen LogP contribution in [0.1, 0.15) is 32.6 Å². The lowest BCUT2D eigenvalue weighted by Gasteiger charge is -2.34. The molecular formula is C11H21F3N2. The van der Waals surface area contributed by atoms with Crippen molar-refractivity contribution in [2.45, 2.75) is 44.3 Å². The van der Waals surface area contributed by atoms with Gasteiger partial charge in [-0.3, -0.25) is 0 Å². The lowest BCUT2D eigenvalue weighted by molar-refractivity contribution is -0.198. The molecule has 0 aromatic rings. The molecule has 1 aliphatic heterocycles. The summed E-state index contributed by atoms with van der Waals surface area (Å²) in [6, 6.07) is 0. The standard InChI is InChI=1S/C11H21F3N2/c1-3-7-16-8-4-5-10(15-2,6-9-16)11(12,13)14/h15H,3-9H2,1-2H3. The summed E-state index contributed by atoms with van der Waals surface area (Å²) >= 11 is 0. The van der Waals surface area contributed by atoms with Crippen LogP contribution in [0.5, 0.6) is 0 Å². The highest BCUT2D eigenvalue weighted by Crippen LogP contribution is 2.38. The normalized spacial score (nSPS) is 29.1. The van der Waals surface area contributed by atoms with Crippen molar-refractivity contribution >= 4 is 0 Å². The molecule has 1 N–H and O–H groups in total. The van der Waals surface area contributed by atoms with E-state index in [1.54, 1.807) is 0 Å². The second-order valence-corrected chi connectivity index (χ2v) is 4.53. The highest BCUT2D eigenvalue weighted by Gasteiger charge is 2.53. The van der Waals surface area contributed by atoms with Crippen molar-refractivity contribution in [3.05, 3.63) is 0 Å². The Kier molecular flexibility index (Phi) is 4.62. The van der Waals surface area contributed by atoms with Gasteiger partial charge in [0.05, 0.1) is 0 Å². The highest BCUT2D eigenvalue weighted by molar-refractivity contribution is 4.96. The van der Waals surface area contributed by atoms with Crippen LogP contribution < -0.4 is 5.32 Å². The van der Waals surface area contributed by atoms with Crippen molar-refractivity contribution in [3.8, 4) is 0 Å². The summed E-state index contributed by atoms with van der Waals surface area (Å²) in [7, 11) is 1.42. The molecule has 0 aromatic carbocycles. The van der Waals surface area contributed by atoms with Gasteiger partial charge in [0.1, 0.15) is 5.54 Å². The zero-order valence-electron chi connectivity index (χ0n) is 10.0. The van der Waals surface area contributed by atoms with Gasteiger partial charge in [0, 0.05) is 6.54 Å². The Morgan fingerprint density at radius 1 is 1.25 bits per heavy atom.